The SMILES string of the molecule is CN=C(NCc1cccc(CN2CCOC(C)C2)c1)NCc1ccc(C)s1.I. The molecule has 1 aromatic carbocycles. The zero-order valence-corrected chi connectivity index (χ0v) is 20.1. The number of ether oxygens (including phenoxy) is 1. The van der Waals surface area contributed by atoms with Crippen LogP contribution in [-0.4, -0.2) is 43.7 Å². The molecule has 1 aromatic heterocycles. The van der Waals surface area contributed by atoms with Crippen molar-refractivity contribution in [2.45, 2.75) is 39.6 Å². The maximum Gasteiger partial charge on any atom is 0.191 e. The van der Waals surface area contributed by atoms with Gasteiger partial charge in [-0.2, -0.15) is 0 Å². The molecule has 0 aliphatic carbocycles. The van der Waals surface area contributed by atoms with Crippen molar-refractivity contribution in [3.05, 3.63) is 57.3 Å². The smallest absolute Gasteiger partial charge is 0.191 e. The maximum absolute atomic E-state index is 5.63. The largest absolute Gasteiger partial charge is 0.376 e. The minimum atomic E-state index is 0. The fraction of sp³-hybridized carbons (Fsp3) is 0.476. The molecule has 1 unspecified atom stereocenters. The molecule has 0 amide bonds. The van der Waals surface area contributed by atoms with Crippen LogP contribution in [0.4, 0.5) is 0 Å². The van der Waals surface area contributed by atoms with Gasteiger partial charge in [-0.15, -0.1) is 35.3 Å². The lowest BCUT2D eigenvalue weighted by atomic mass is 10.1. The van der Waals surface area contributed by atoms with E-state index in [0.29, 0.717) is 6.10 Å². The average molecular weight is 514 g/mol. The molecule has 0 bridgehead atoms. The topological polar surface area (TPSA) is 48.9 Å². The van der Waals surface area contributed by atoms with Crippen LogP contribution in [0.2, 0.25) is 0 Å². The minimum absolute atomic E-state index is 0. The molecular formula is C21H31IN4OS. The third kappa shape index (κ3) is 7.35. The third-order valence-corrected chi connectivity index (χ3v) is 5.63. The van der Waals surface area contributed by atoms with Crippen molar-refractivity contribution in [3.8, 4) is 0 Å². The van der Waals surface area contributed by atoms with E-state index < -0.39 is 0 Å². The van der Waals surface area contributed by atoms with E-state index in [1.165, 1.54) is 20.9 Å². The standard InChI is InChI=1S/C21H30N4OS.HI/c1-16-14-25(9-10-26-16)15-19-6-4-5-18(11-19)12-23-21(22-3)24-13-20-8-7-17(2)27-20;/h4-8,11,16H,9-10,12-15H2,1-3H3,(H2,22,23,24);1H. The number of aryl methyl sites for hydroxylation is 1. The molecule has 0 radical (unpaired) electrons. The van der Waals surface area contributed by atoms with Crippen molar-refractivity contribution in [2.24, 2.45) is 4.99 Å². The zero-order valence-electron chi connectivity index (χ0n) is 16.9. The number of nitrogens with zero attached hydrogens (tertiary/aromatic N) is 2. The van der Waals surface area contributed by atoms with Crippen molar-refractivity contribution in [1.29, 1.82) is 0 Å². The van der Waals surface area contributed by atoms with E-state index in [4.69, 9.17) is 4.74 Å². The molecular weight excluding hydrogens is 483 g/mol. The highest BCUT2D eigenvalue weighted by Gasteiger charge is 2.16. The number of guanidine groups is 1. The molecule has 1 atom stereocenters. The van der Waals surface area contributed by atoms with Crippen LogP contribution in [0.5, 0.6) is 0 Å². The summed E-state index contributed by atoms with van der Waals surface area (Å²) in [5.74, 6) is 0.827. The second kappa shape index (κ2) is 11.7. The quantitative estimate of drug-likeness (QED) is 0.350. The Labute approximate surface area is 189 Å². The summed E-state index contributed by atoms with van der Waals surface area (Å²) < 4.78 is 5.63. The Kier molecular flexibility index (Phi) is 9.70. The van der Waals surface area contributed by atoms with Gasteiger partial charge in [0.25, 0.3) is 0 Å². The molecule has 7 heteroatoms. The second-order valence-electron chi connectivity index (χ2n) is 7.03. The molecule has 1 fully saturated rings. The number of hydrogen-bond donors (Lipinski definition) is 2. The predicted octanol–water partition coefficient (Wildman–Crippen LogP) is 3.76. The van der Waals surface area contributed by atoms with Gasteiger partial charge in [0, 0.05) is 43.0 Å². The van der Waals surface area contributed by atoms with Crippen LogP contribution in [-0.2, 0) is 24.4 Å². The van der Waals surface area contributed by atoms with Crippen molar-refractivity contribution in [1.82, 2.24) is 15.5 Å². The van der Waals surface area contributed by atoms with Gasteiger partial charge in [-0.1, -0.05) is 24.3 Å². The van der Waals surface area contributed by atoms with E-state index in [-0.39, 0.29) is 24.0 Å². The van der Waals surface area contributed by atoms with E-state index in [0.717, 1.165) is 45.3 Å². The molecule has 1 saturated heterocycles. The van der Waals surface area contributed by atoms with Crippen LogP contribution in [0.15, 0.2) is 41.4 Å². The monoisotopic (exact) mass is 514 g/mol. The number of benzene rings is 1. The Bertz CT molecular complexity index is 764. The van der Waals surface area contributed by atoms with Crippen LogP contribution >= 0.6 is 35.3 Å². The van der Waals surface area contributed by atoms with Gasteiger partial charge < -0.3 is 15.4 Å². The highest BCUT2D eigenvalue weighted by atomic mass is 127. The number of morpholine rings is 1. The molecule has 0 saturated carbocycles. The van der Waals surface area contributed by atoms with Gasteiger partial charge >= 0.3 is 0 Å². The van der Waals surface area contributed by atoms with Gasteiger partial charge in [-0.25, -0.2) is 0 Å². The zero-order chi connectivity index (χ0) is 19.1. The lowest BCUT2D eigenvalue weighted by Crippen LogP contribution is -2.40. The van der Waals surface area contributed by atoms with E-state index in [9.17, 15) is 0 Å². The molecule has 2 N–H and O–H groups in total. The molecule has 1 aliphatic rings. The maximum atomic E-state index is 5.63. The third-order valence-electron chi connectivity index (χ3n) is 4.63. The van der Waals surface area contributed by atoms with Gasteiger partial charge in [0.05, 0.1) is 19.3 Å². The van der Waals surface area contributed by atoms with Gasteiger partial charge in [0.1, 0.15) is 0 Å². The first-order valence-electron chi connectivity index (χ1n) is 9.54. The summed E-state index contributed by atoms with van der Waals surface area (Å²) in [6, 6.07) is 13.1. The van der Waals surface area contributed by atoms with Crippen LogP contribution in [0.3, 0.4) is 0 Å². The Morgan fingerprint density at radius 2 is 2.00 bits per heavy atom. The summed E-state index contributed by atoms with van der Waals surface area (Å²) in [7, 11) is 1.81. The summed E-state index contributed by atoms with van der Waals surface area (Å²) in [5, 5.41) is 6.79. The molecule has 1 aliphatic heterocycles. The summed E-state index contributed by atoms with van der Waals surface area (Å²) in [6.07, 6.45) is 0.324. The lowest BCUT2D eigenvalue weighted by molar-refractivity contribution is -0.0212. The Balaban J connectivity index is 0.00000280. The molecule has 2 heterocycles. The second-order valence-corrected chi connectivity index (χ2v) is 8.40. The summed E-state index contributed by atoms with van der Waals surface area (Å²) in [4.78, 5) is 9.44. The van der Waals surface area contributed by atoms with Crippen LogP contribution in [0.25, 0.3) is 0 Å². The first-order chi connectivity index (χ1) is 13.1. The van der Waals surface area contributed by atoms with Crippen LogP contribution < -0.4 is 10.6 Å². The Morgan fingerprint density at radius 3 is 2.71 bits per heavy atom. The first kappa shape index (κ1) is 23.1. The van der Waals surface area contributed by atoms with Crippen LogP contribution in [0.1, 0.15) is 27.8 Å². The number of thiophene rings is 1. The minimum Gasteiger partial charge on any atom is -0.376 e. The molecule has 3 rings (SSSR count). The molecule has 154 valence electrons. The predicted molar refractivity (Wildman–Crippen MR) is 129 cm³/mol. The molecule has 28 heavy (non-hydrogen) atoms. The van der Waals surface area contributed by atoms with E-state index >= 15 is 0 Å². The summed E-state index contributed by atoms with van der Waals surface area (Å²) >= 11 is 1.81. The lowest BCUT2D eigenvalue weighted by Gasteiger charge is -2.31. The number of halogens is 1. The highest BCUT2D eigenvalue weighted by molar-refractivity contribution is 14.0. The molecule has 5 nitrogen and oxygen atoms in total. The van der Waals surface area contributed by atoms with E-state index in [1.807, 2.05) is 18.4 Å². The van der Waals surface area contributed by atoms with Gasteiger partial charge in [0.2, 0.25) is 0 Å². The number of hydrogen-bond acceptors (Lipinski definition) is 4. The average Bonchev–Trinajstić information content (AvgIpc) is 3.07. The summed E-state index contributed by atoms with van der Waals surface area (Å²) in [6.45, 7) is 9.64. The first-order valence-corrected chi connectivity index (χ1v) is 10.4. The Hall–Kier alpha value is -1.16. The van der Waals surface area contributed by atoms with Crippen molar-refractivity contribution in [3.63, 3.8) is 0 Å². The van der Waals surface area contributed by atoms with Crippen LogP contribution in [0, 0.1) is 6.92 Å². The molecule has 2 aromatic rings. The fourth-order valence-corrected chi connectivity index (χ4v) is 4.12. The van der Waals surface area contributed by atoms with Gasteiger partial charge in [-0.3, -0.25) is 9.89 Å². The number of aliphatic imine (C=N–C) groups is 1. The Morgan fingerprint density at radius 1 is 1.21 bits per heavy atom. The fourth-order valence-electron chi connectivity index (χ4n) is 3.29. The number of nitrogens with one attached hydrogen (secondary N) is 2. The highest BCUT2D eigenvalue weighted by Crippen LogP contribution is 2.14. The van der Waals surface area contributed by atoms with Crippen molar-refractivity contribution >= 4 is 41.3 Å². The van der Waals surface area contributed by atoms with Gasteiger partial charge in [-0.05, 0) is 37.1 Å². The molecule has 0 spiro atoms. The van der Waals surface area contributed by atoms with E-state index in [1.54, 1.807) is 0 Å². The van der Waals surface area contributed by atoms with Gasteiger partial charge in [0.15, 0.2) is 5.96 Å². The van der Waals surface area contributed by atoms with Crippen molar-refractivity contribution < 1.29 is 4.74 Å². The van der Waals surface area contributed by atoms with Crippen molar-refractivity contribution in [2.75, 3.05) is 26.7 Å². The number of rotatable bonds is 6. The van der Waals surface area contributed by atoms with E-state index in [2.05, 4.69) is 70.8 Å². The normalized spacial score (nSPS) is 17.8. The summed E-state index contributed by atoms with van der Waals surface area (Å²) in [5.41, 5.74) is 2.61.